The monoisotopic (exact) mass is 236 g/mol. The van der Waals surface area contributed by atoms with Gasteiger partial charge in [0.15, 0.2) is 0 Å². The maximum atomic E-state index is 12.1. The molecular weight excluding hydrogens is 216 g/mol. The van der Waals surface area contributed by atoms with Crippen LogP contribution < -0.4 is 0 Å². The summed E-state index contributed by atoms with van der Waals surface area (Å²) in [5.74, 6) is -0.226. The van der Waals surface area contributed by atoms with Crippen molar-refractivity contribution in [3.8, 4) is 0 Å². The molecule has 1 atom stereocenters. The van der Waals surface area contributed by atoms with Gasteiger partial charge in [0.2, 0.25) is 5.91 Å². The number of aliphatic hydroxyl groups excluding tert-OH is 1. The van der Waals surface area contributed by atoms with Gasteiger partial charge in [-0.15, -0.1) is 0 Å². The van der Waals surface area contributed by atoms with Crippen LogP contribution in [0.4, 0.5) is 0 Å². The molecule has 4 nitrogen and oxygen atoms in total. The van der Waals surface area contributed by atoms with E-state index in [2.05, 4.69) is 4.98 Å². The van der Waals surface area contributed by atoms with Crippen molar-refractivity contribution in [1.82, 2.24) is 9.88 Å². The lowest BCUT2D eigenvalue weighted by molar-refractivity contribution is -0.137. The van der Waals surface area contributed by atoms with Gasteiger partial charge in [0.05, 0.1) is 24.8 Å². The molecule has 1 aromatic rings. The zero-order chi connectivity index (χ0) is 12.8. The van der Waals surface area contributed by atoms with Gasteiger partial charge in [-0.3, -0.25) is 9.78 Å². The molecular formula is C13H20N2O2. The fraction of sp³-hybridized carbons (Fsp3) is 0.538. The molecule has 0 spiro atoms. The van der Waals surface area contributed by atoms with Crippen LogP contribution in [-0.4, -0.2) is 34.6 Å². The SMILES string of the molecule is CC(C)C(CO)C(=O)N(C)Cc1ccccn1. The highest BCUT2D eigenvalue weighted by atomic mass is 16.3. The molecule has 1 N–H and O–H groups in total. The van der Waals surface area contributed by atoms with E-state index in [1.54, 1.807) is 18.1 Å². The summed E-state index contributed by atoms with van der Waals surface area (Å²) in [7, 11) is 1.74. The Hall–Kier alpha value is -1.42. The van der Waals surface area contributed by atoms with E-state index < -0.39 is 0 Å². The number of aliphatic hydroxyl groups is 1. The summed E-state index contributed by atoms with van der Waals surface area (Å²) >= 11 is 0. The highest BCUT2D eigenvalue weighted by Crippen LogP contribution is 2.14. The molecule has 4 heteroatoms. The maximum absolute atomic E-state index is 12.1. The van der Waals surface area contributed by atoms with Gasteiger partial charge < -0.3 is 10.0 Å². The second kappa shape index (κ2) is 6.35. The highest BCUT2D eigenvalue weighted by Gasteiger charge is 2.24. The third-order valence-electron chi connectivity index (χ3n) is 2.82. The summed E-state index contributed by atoms with van der Waals surface area (Å²) in [5, 5.41) is 9.22. The maximum Gasteiger partial charge on any atom is 0.228 e. The van der Waals surface area contributed by atoms with Gasteiger partial charge in [0.25, 0.3) is 0 Å². The molecule has 0 aliphatic rings. The molecule has 0 radical (unpaired) electrons. The second-order valence-corrected chi connectivity index (χ2v) is 4.55. The Bertz CT molecular complexity index is 352. The van der Waals surface area contributed by atoms with Crippen LogP contribution in [0.15, 0.2) is 24.4 Å². The number of amides is 1. The first kappa shape index (κ1) is 13.6. The Balaban J connectivity index is 2.64. The van der Waals surface area contributed by atoms with Gasteiger partial charge in [0.1, 0.15) is 0 Å². The van der Waals surface area contributed by atoms with E-state index in [1.807, 2.05) is 32.0 Å². The second-order valence-electron chi connectivity index (χ2n) is 4.55. The van der Waals surface area contributed by atoms with Crippen molar-refractivity contribution in [2.24, 2.45) is 11.8 Å². The van der Waals surface area contributed by atoms with Crippen molar-refractivity contribution < 1.29 is 9.90 Å². The summed E-state index contributed by atoms with van der Waals surface area (Å²) < 4.78 is 0. The Kier molecular flexibility index (Phi) is 5.10. The van der Waals surface area contributed by atoms with Crippen molar-refractivity contribution in [3.05, 3.63) is 30.1 Å². The van der Waals surface area contributed by atoms with Crippen molar-refractivity contribution in [3.63, 3.8) is 0 Å². The smallest absolute Gasteiger partial charge is 0.228 e. The van der Waals surface area contributed by atoms with Crippen molar-refractivity contribution >= 4 is 5.91 Å². The van der Waals surface area contributed by atoms with Crippen LogP contribution in [0.3, 0.4) is 0 Å². The molecule has 0 aliphatic heterocycles. The van der Waals surface area contributed by atoms with Crippen LogP contribution >= 0.6 is 0 Å². The molecule has 0 saturated carbocycles. The van der Waals surface area contributed by atoms with Gasteiger partial charge >= 0.3 is 0 Å². The number of rotatable bonds is 5. The standard InChI is InChI=1S/C13H20N2O2/c1-10(2)12(9-16)13(17)15(3)8-11-6-4-5-7-14-11/h4-7,10,12,16H,8-9H2,1-3H3. The summed E-state index contributed by atoms with van der Waals surface area (Å²) in [6, 6.07) is 5.62. The van der Waals surface area contributed by atoms with Crippen molar-refractivity contribution in [1.29, 1.82) is 0 Å². The van der Waals surface area contributed by atoms with Crippen molar-refractivity contribution in [2.75, 3.05) is 13.7 Å². The summed E-state index contributed by atoms with van der Waals surface area (Å²) in [4.78, 5) is 17.8. The minimum atomic E-state index is -0.330. The average Bonchev–Trinajstić information content (AvgIpc) is 2.30. The van der Waals surface area contributed by atoms with E-state index in [0.717, 1.165) is 5.69 Å². The number of carbonyl (C=O) groups excluding carboxylic acids is 1. The normalized spacial score (nSPS) is 12.5. The lowest BCUT2D eigenvalue weighted by Gasteiger charge is -2.24. The van der Waals surface area contributed by atoms with Crippen LogP contribution in [0.2, 0.25) is 0 Å². The van der Waals surface area contributed by atoms with E-state index in [9.17, 15) is 9.90 Å². The number of aromatic nitrogens is 1. The van der Waals surface area contributed by atoms with E-state index in [1.165, 1.54) is 0 Å². The van der Waals surface area contributed by atoms with E-state index in [4.69, 9.17) is 0 Å². The average molecular weight is 236 g/mol. The predicted molar refractivity (Wildman–Crippen MR) is 66.1 cm³/mol. The zero-order valence-electron chi connectivity index (χ0n) is 10.6. The third-order valence-corrected chi connectivity index (χ3v) is 2.82. The third kappa shape index (κ3) is 3.82. The largest absolute Gasteiger partial charge is 0.396 e. The summed E-state index contributed by atoms with van der Waals surface area (Å²) in [6.45, 7) is 4.24. The molecule has 17 heavy (non-hydrogen) atoms. The number of carbonyl (C=O) groups is 1. The topological polar surface area (TPSA) is 53.4 Å². The van der Waals surface area contributed by atoms with Gasteiger partial charge in [0, 0.05) is 13.2 Å². The minimum absolute atomic E-state index is 0.0341. The summed E-state index contributed by atoms with van der Waals surface area (Å²) in [5.41, 5.74) is 0.851. The van der Waals surface area contributed by atoms with Gasteiger partial charge in [-0.05, 0) is 18.1 Å². The number of nitrogens with zero attached hydrogens (tertiary/aromatic N) is 2. The van der Waals surface area contributed by atoms with Gasteiger partial charge in [-0.25, -0.2) is 0 Å². The van der Waals surface area contributed by atoms with E-state index >= 15 is 0 Å². The molecule has 0 saturated heterocycles. The lowest BCUT2D eigenvalue weighted by atomic mass is 9.95. The van der Waals surface area contributed by atoms with Gasteiger partial charge in [-0.2, -0.15) is 0 Å². The van der Waals surface area contributed by atoms with Crippen LogP contribution in [0, 0.1) is 11.8 Å². The zero-order valence-corrected chi connectivity index (χ0v) is 10.6. The Morgan fingerprint density at radius 1 is 1.47 bits per heavy atom. The van der Waals surface area contributed by atoms with E-state index in [-0.39, 0.29) is 24.3 Å². The van der Waals surface area contributed by atoms with E-state index in [0.29, 0.717) is 6.54 Å². The van der Waals surface area contributed by atoms with Crippen LogP contribution in [0.1, 0.15) is 19.5 Å². The molecule has 1 aromatic heterocycles. The van der Waals surface area contributed by atoms with Crippen LogP contribution in [-0.2, 0) is 11.3 Å². The number of hydrogen-bond donors (Lipinski definition) is 1. The first-order chi connectivity index (χ1) is 8.06. The lowest BCUT2D eigenvalue weighted by Crippen LogP contribution is -2.37. The fourth-order valence-electron chi connectivity index (χ4n) is 1.67. The Labute approximate surface area is 102 Å². The van der Waals surface area contributed by atoms with Crippen LogP contribution in [0.25, 0.3) is 0 Å². The number of hydrogen-bond acceptors (Lipinski definition) is 3. The van der Waals surface area contributed by atoms with Gasteiger partial charge in [-0.1, -0.05) is 19.9 Å². The summed E-state index contributed by atoms with van der Waals surface area (Å²) in [6.07, 6.45) is 1.71. The number of pyridine rings is 1. The molecule has 0 fully saturated rings. The first-order valence-electron chi connectivity index (χ1n) is 5.82. The molecule has 0 bridgehead atoms. The highest BCUT2D eigenvalue weighted by molar-refractivity contribution is 5.78. The molecule has 1 heterocycles. The molecule has 1 rings (SSSR count). The Morgan fingerprint density at radius 2 is 2.18 bits per heavy atom. The quantitative estimate of drug-likeness (QED) is 0.838. The van der Waals surface area contributed by atoms with Crippen molar-refractivity contribution in [2.45, 2.75) is 20.4 Å². The van der Waals surface area contributed by atoms with Crippen LogP contribution in [0.5, 0.6) is 0 Å². The fourth-order valence-corrected chi connectivity index (χ4v) is 1.67. The Morgan fingerprint density at radius 3 is 2.65 bits per heavy atom. The molecule has 0 aromatic carbocycles. The first-order valence-corrected chi connectivity index (χ1v) is 5.82. The molecule has 1 amide bonds. The molecule has 94 valence electrons. The predicted octanol–water partition coefficient (Wildman–Crippen LogP) is 1.30. The molecule has 1 unspecified atom stereocenters. The minimum Gasteiger partial charge on any atom is -0.396 e. The molecule has 0 aliphatic carbocycles.